The summed E-state index contributed by atoms with van der Waals surface area (Å²) in [6.07, 6.45) is 5.57. The minimum absolute atomic E-state index is 0.198. The van der Waals surface area contributed by atoms with Gasteiger partial charge in [0.05, 0.1) is 0 Å². The number of amides is 1. The van der Waals surface area contributed by atoms with Crippen LogP contribution < -0.4 is 10.6 Å². The molecule has 0 aliphatic heterocycles. The Labute approximate surface area is 147 Å². The number of halogens is 1. The highest BCUT2D eigenvalue weighted by Gasteiger charge is 2.08. The molecule has 0 radical (unpaired) electrons. The number of carbonyl (C=O) groups excluding carboxylic acids is 1. The fourth-order valence-electron chi connectivity index (χ4n) is 2.27. The van der Waals surface area contributed by atoms with E-state index in [1.165, 1.54) is 19.2 Å². The SMILES string of the molecule is CCCCCNc1cc(C(=O)NCCc2cccc(Cl)c2)ncn1. The van der Waals surface area contributed by atoms with Gasteiger partial charge in [-0.2, -0.15) is 0 Å². The average molecular weight is 347 g/mol. The summed E-state index contributed by atoms with van der Waals surface area (Å²) in [7, 11) is 0. The normalized spacial score (nSPS) is 10.4. The van der Waals surface area contributed by atoms with Crippen LogP contribution in [0.4, 0.5) is 5.82 Å². The van der Waals surface area contributed by atoms with Gasteiger partial charge in [0.15, 0.2) is 0 Å². The molecule has 2 aromatic rings. The fraction of sp³-hybridized carbons (Fsp3) is 0.389. The number of carbonyl (C=O) groups is 1. The maximum atomic E-state index is 12.2. The number of anilines is 1. The Morgan fingerprint density at radius 1 is 1.17 bits per heavy atom. The van der Waals surface area contributed by atoms with Crippen molar-refractivity contribution in [2.24, 2.45) is 0 Å². The molecule has 1 amide bonds. The van der Waals surface area contributed by atoms with Gasteiger partial charge in [-0.05, 0) is 30.5 Å². The van der Waals surface area contributed by atoms with Gasteiger partial charge in [-0.3, -0.25) is 4.79 Å². The summed E-state index contributed by atoms with van der Waals surface area (Å²) in [4.78, 5) is 20.4. The molecule has 1 aromatic carbocycles. The van der Waals surface area contributed by atoms with E-state index in [2.05, 4.69) is 27.5 Å². The Morgan fingerprint density at radius 3 is 2.83 bits per heavy atom. The van der Waals surface area contributed by atoms with E-state index in [1.807, 2.05) is 24.3 Å². The van der Waals surface area contributed by atoms with Gasteiger partial charge in [-0.15, -0.1) is 0 Å². The third-order valence-corrected chi connectivity index (χ3v) is 3.81. The molecule has 1 aromatic heterocycles. The second kappa shape index (κ2) is 9.88. The molecule has 128 valence electrons. The molecular weight excluding hydrogens is 324 g/mol. The summed E-state index contributed by atoms with van der Waals surface area (Å²) in [6, 6.07) is 9.30. The van der Waals surface area contributed by atoms with Gasteiger partial charge in [0, 0.05) is 24.2 Å². The van der Waals surface area contributed by atoms with E-state index in [0.29, 0.717) is 23.1 Å². The van der Waals surface area contributed by atoms with E-state index in [1.54, 1.807) is 6.07 Å². The highest BCUT2D eigenvalue weighted by atomic mass is 35.5. The molecule has 0 saturated carbocycles. The Balaban J connectivity index is 1.81. The Hall–Kier alpha value is -2.14. The standard InChI is InChI=1S/C18H23ClN4O/c1-2-3-4-9-20-17-12-16(22-13-23-17)18(24)21-10-8-14-6-5-7-15(19)11-14/h5-7,11-13H,2-4,8-10H2,1H3,(H,21,24)(H,20,22,23). The van der Waals surface area contributed by atoms with Crippen molar-refractivity contribution in [3.05, 3.63) is 52.9 Å². The summed E-state index contributed by atoms with van der Waals surface area (Å²) in [5.74, 6) is 0.483. The second-order valence-corrected chi connectivity index (χ2v) is 5.99. The maximum absolute atomic E-state index is 12.2. The molecule has 24 heavy (non-hydrogen) atoms. The number of nitrogens with one attached hydrogen (secondary N) is 2. The first-order valence-electron chi connectivity index (χ1n) is 8.27. The number of hydrogen-bond acceptors (Lipinski definition) is 4. The molecular formula is C18H23ClN4O. The summed E-state index contributed by atoms with van der Waals surface area (Å²) >= 11 is 5.95. The topological polar surface area (TPSA) is 66.9 Å². The van der Waals surface area contributed by atoms with Crippen LogP contribution in [0.25, 0.3) is 0 Å². The predicted molar refractivity (Wildman–Crippen MR) is 97.5 cm³/mol. The van der Waals surface area contributed by atoms with Crippen LogP contribution in [0.5, 0.6) is 0 Å². The molecule has 0 aliphatic rings. The lowest BCUT2D eigenvalue weighted by Crippen LogP contribution is -2.26. The first-order chi connectivity index (χ1) is 11.7. The van der Waals surface area contributed by atoms with Crippen molar-refractivity contribution < 1.29 is 4.79 Å². The highest BCUT2D eigenvalue weighted by molar-refractivity contribution is 6.30. The maximum Gasteiger partial charge on any atom is 0.270 e. The highest BCUT2D eigenvalue weighted by Crippen LogP contribution is 2.11. The van der Waals surface area contributed by atoms with Crippen LogP contribution in [0, 0.1) is 0 Å². The molecule has 6 heteroatoms. The van der Waals surface area contributed by atoms with Crippen LogP contribution >= 0.6 is 11.6 Å². The molecule has 0 atom stereocenters. The zero-order chi connectivity index (χ0) is 17.2. The molecule has 0 spiro atoms. The third kappa shape index (κ3) is 6.16. The summed E-state index contributed by atoms with van der Waals surface area (Å²) in [6.45, 7) is 3.54. The third-order valence-electron chi connectivity index (χ3n) is 3.57. The van der Waals surface area contributed by atoms with Gasteiger partial charge < -0.3 is 10.6 Å². The van der Waals surface area contributed by atoms with Gasteiger partial charge in [0.25, 0.3) is 5.91 Å². The first kappa shape index (κ1) is 18.2. The monoisotopic (exact) mass is 346 g/mol. The minimum Gasteiger partial charge on any atom is -0.370 e. The zero-order valence-electron chi connectivity index (χ0n) is 13.9. The van der Waals surface area contributed by atoms with E-state index in [0.717, 1.165) is 24.9 Å². The van der Waals surface area contributed by atoms with Crippen LogP contribution in [0.2, 0.25) is 5.02 Å². The van der Waals surface area contributed by atoms with Crippen molar-refractivity contribution in [1.82, 2.24) is 15.3 Å². The zero-order valence-corrected chi connectivity index (χ0v) is 14.6. The van der Waals surface area contributed by atoms with E-state index in [9.17, 15) is 4.79 Å². The molecule has 0 saturated heterocycles. The molecule has 2 N–H and O–H groups in total. The molecule has 0 unspecified atom stereocenters. The Kier molecular flexibility index (Phi) is 7.49. The minimum atomic E-state index is -0.198. The summed E-state index contributed by atoms with van der Waals surface area (Å²) < 4.78 is 0. The lowest BCUT2D eigenvalue weighted by molar-refractivity contribution is 0.0949. The van der Waals surface area contributed by atoms with Gasteiger partial charge in [0.1, 0.15) is 17.8 Å². The van der Waals surface area contributed by atoms with E-state index >= 15 is 0 Å². The quantitative estimate of drug-likeness (QED) is 0.679. The number of aromatic nitrogens is 2. The second-order valence-electron chi connectivity index (χ2n) is 5.56. The molecule has 5 nitrogen and oxygen atoms in total. The van der Waals surface area contributed by atoms with E-state index in [4.69, 9.17) is 11.6 Å². The van der Waals surface area contributed by atoms with Crippen LogP contribution in [0.3, 0.4) is 0 Å². The van der Waals surface area contributed by atoms with Gasteiger partial charge in [-0.1, -0.05) is 43.5 Å². The largest absolute Gasteiger partial charge is 0.370 e. The molecule has 2 rings (SSSR count). The first-order valence-corrected chi connectivity index (χ1v) is 8.65. The Morgan fingerprint density at radius 2 is 2.04 bits per heavy atom. The van der Waals surface area contributed by atoms with Crippen LogP contribution in [-0.2, 0) is 6.42 Å². The predicted octanol–water partition coefficient (Wildman–Crippen LogP) is 3.70. The number of rotatable bonds is 9. The summed E-state index contributed by atoms with van der Waals surface area (Å²) in [5, 5.41) is 6.79. The Bertz CT molecular complexity index is 663. The van der Waals surface area contributed by atoms with E-state index in [-0.39, 0.29) is 5.91 Å². The van der Waals surface area contributed by atoms with Crippen molar-refractivity contribution in [2.75, 3.05) is 18.4 Å². The van der Waals surface area contributed by atoms with Gasteiger partial charge in [0.2, 0.25) is 0 Å². The molecule has 0 bridgehead atoms. The smallest absolute Gasteiger partial charge is 0.270 e. The number of nitrogens with zero attached hydrogens (tertiary/aromatic N) is 2. The van der Waals surface area contributed by atoms with E-state index < -0.39 is 0 Å². The molecule has 0 aliphatic carbocycles. The van der Waals surface area contributed by atoms with Crippen molar-refractivity contribution in [1.29, 1.82) is 0 Å². The summed E-state index contributed by atoms with van der Waals surface area (Å²) in [5.41, 5.74) is 1.46. The van der Waals surface area contributed by atoms with Crippen molar-refractivity contribution in [2.45, 2.75) is 32.6 Å². The van der Waals surface area contributed by atoms with Crippen molar-refractivity contribution in [3.63, 3.8) is 0 Å². The molecule has 0 fully saturated rings. The fourth-order valence-corrected chi connectivity index (χ4v) is 2.49. The van der Waals surface area contributed by atoms with Crippen LogP contribution in [-0.4, -0.2) is 29.0 Å². The number of unbranched alkanes of at least 4 members (excludes halogenated alkanes) is 2. The number of benzene rings is 1. The van der Waals surface area contributed by atoms with Crippen molar-refractivity contribution in [3.8, 4) is 0 Å². The van der Waals surface area contributed by atoms with Gasteiger partial charge in [-0.25, -0.2) is 9.97 Å². The van der Waals surface area contributed by atoms with Gasteiger partial charge >= 0.3 is 0 Å². The molecule has 1 heterocycles. The lowest BCUT2D eigenvalue weighted by Gasteiger charge is -2.08. The lowest BCUT2D eigenvalue weighted by atomic mass is 10.1. The average Bonchev–Trinajstić information content (AvgIpc) is 2.59. The van der Waals surface area contributed by atoms with Crippen LogP contribution in [0.1, 0.15) is 42.2 Å². The number of hydrogen-bond donors (Lipinski definition) is 2. The van der Waals surface area contributed by atoms with Crippen molar-refractivity contribution >= 4 is 23.3 Å². The van der Waals surface area contributed by atoms with Crippen LogP contribution in [0.15, 0.2) is 36.7 Å².